The smallest absolute Gasteiger partial charge is 0.168 e. The van der Waals surface area contributed by atoms with Crippen LogP contribution >= 0.6 is 0 Å². The van der Waals surface area contributed by atoms with Gasteiger partial charge in [0.2, 0.25) is 0 Å². The molecule has 1 aliphatic rings. The maximum absolute atomic E-state index is 11.7. The van der Waals surface area contributed by atoms with Crippen LogP contribution in [0.4, 0.5) is 0 Å². The van der Waals surface area contributed by atoms with Crippen LogP contribution in [-0.2, 0) is 4.79 Å². The summed E-state index contributed by atoms with van der Waals surface area (Å²) in [7, 11) is 0. The molecule has 0 radical (unpaired) electrons. The summed E-state index contributed by atoms with van der Waals surface area (Å²) >= 11 is 0. The van der Waals surface area contributed by atoms with Crippen LogP contribution in [0.5, 0.6) is 0 Å². The molecule has 0 saturated carbocycles. The van der Waals surface area contributed by atoms with E-state index in [1.807, 2.05) is 13.0 Å². The predicted octanol–water partition coefficient (Wildman–Crippen LogP) is 3.19. The first kappa shape index (κ1) is 13.9. The van der Waals surface area contributed by atoms with Gasteiger partial charge >= 0.3 is 0 Å². The second kappa shape index (κ2) is 5.97. The molecule has 0 heterocycles. The number of rotatable bonds is 4. The maximum Gasteiger partial charge on any atom is 0.168 e. The van der Waals surface area contributed by atoms with Gasteiger partial charge in [0, 0.05) is 0 Å². The van der Waals surface area contributed by atoms with Crippen molar-refractivity contribution < 1.29 is 9.90 Å². The number of ketones is 1. The van der Waals surface area contributed by atoms with E-state index in [1.165, 1.54) is 11.1 Å². The molecule has 1 aliphatic carbocycles. The number of hydrogen-bond acceptors (Lipinski definition) is 2. The molecule has 2 nitrogen and oxygen atoms in total. The van der Waals surface area contributed by atoms with Crippen LogP contribution in [0.1, 0.15) is 40.5 Å². The van der Waals surface area contributed by atoms with Crippen LogP contribution in [0, 0.1) is 5.92 Å². The fourth-order valence-corrected chi connectivity index (χ4v) is 2.01. The standard InChI is InChI=1S/C15H22O2/c1-10(2)6-5-7-11(3)8-13-14(16)9-12(4)15(13)17/h6,8-9,13-14,16H,5,7H2,1-4H3. The molecule has 17 heavy (non-hydrogen) atoms. The number of allylic oxidation sites excluding steroid dienone is 4. The summed E-state index contributed by atoms with van der Waals surface area (Å²) in [6.07, 6.45) is 7.05. The Morgan fingerprint density at radius 3 is 2.53 bits per heavy atom. The third-order valence-corrected chi connectivity index (χ3v) is 3.04. The summed E-state index contributed by atoms with van der Waals surface area (Å²) in [5.74, 6) is -0.305. The molecule has 0 aromatic rings. The molecule has 0 aliphatic heterocycles. The number of aliphatic hydroxyl groups excluding tert-OH is 1. The van der Waals surface area contributed by atoms with Crippen molar-refractivity contribution in [2.75, 3.05) is 0 Å². The van der Waals surface area contributed by atoms with Crippen LogP contribution in [0.2, 0.25) is 0 Å². The lowest BCUT2D eigenvalue weighted by Crippen LogP contribution is -2.18. The van der Waals surface area contributed by atoms with E-state index in [2.05, 4.69) is 19.9 Å². The molecule has 2 unspecified atom stereocenters. The van der Waals surface area contributed by atoms with Gasteiger partial charge < -0.3 is 5.11 Å². The van der Waals surface area contributed by atoms with Crippen LogP contribution in [0.15, 0.2) is 34.9 Å². The third-order valence-electron chi connectivity index (χ3n) is 3.04. The van der Waals surface area contributed by atoms with Crippen molar-refractivity contribution >= 4 is 5.78 Å². The molecular formula is C15H22O2. The Balaban J connectivity index is 2.58. The van der Waals surface area contributed by atoms with Crippen LogP contribution < -0.4 is 0 Å². The van der Waals surface area contributed by atoms with Gasteiger partial charge in [0.15, 0.2) is 5.78 Å². The lowest BCUT2D eigenvalue weighted by atomic mass is 9.97. The summed E-state index contributed by atoms with van der Waals surface area (Å²) in [5, 5.41) is 9.74. The van der Waals surface area contributed by atoms with Gasteiger partial charge in [-0.25, -0.2) is 0 Å². The quantitative estimate of drug-likeness (QED) is 0.758. The molecule has 0 fully saturated rings. The van der Waals surface area contributed by atoms with E-state index in [-0.39, 0.29) is 11.7 Å². The molecule has 2 atom stereocenters. The number of aliphatic hydroxyl groups is 1. The van der Waals surface area contributed by atoms with E-state index < -0.39 is 6.10 Å². The van der Waals surface area contributed by atoms with Gasteiger partial charge in [-0.1, -0.05) is 23.3 Å². The van der Waals surface area contributed by atoms with E-state index in [0.717, 1.165) is 12.8 Å². The molecule has 1 N–H and O–H groups in total. The van der Waals surface area contributed by atoms with Gasteiger partial charge in [0.25, 0.3) is 0 Å². The van der Waals surface area contributed by atoms with E-state index in [4.69, 9.17) is 0 Å². The van der Waals surface area contributed by atoms with Gasteiger partial charge in [-0.15, -0.1) is 0 Å². The van der Waals surface area contributed by atoms with Gasteiger partial charge in [-0.05, 0) is 52.2 Å². The zero-order valence-corrected chi connectivity index (χ0v) is 11.2. The predicted molar refractivity (Wildman–Crippen MR) is 70.7 cm³/mol. The number of carbonyl (C=O) groups is 1. The van der Waals surface area contributed by atoms with Crippen molar-refractivity contribution in [2.45, 2.75) is 46.6 Å². The Kier molecular flexibility index (Phi) is 4.88. The molecule has 0 aromatic heterocycles. The van der Waals surface area contributed by atoms with Crippen molar-refractivity contribution in [3.8, 4) is 0 Å². The molecule has 0 aromatic carbocycles. The van der Waals surface area contributed by atoms with Crippen molar-refractivity contribution in [1.82, 2.24) is 0 Å². The topological polar surface area (TPSA) is 37.3 Å². The zero-order chi connectivity index (χ0) is 13.0. The third kappa shape index (κ3) is 3.97. The van der Waals surface area contributed by atoms with Gasteiger partial charge in [0.1, 0.15) is 0 Å². The van der Waals surface area contributed by atoms with Crippen LogP contribution in [0.3, 0.4) is 0 Å². The summed E-state index contributed by atoms with van der Waals surface area (Å²) in [4.78, 5) is 11.7. The van der Waals surface area contributed by atoms with E-state index in [1.54, 1.807) is 13.0 Å². The van der Waals surface area contributed by atoms with Gasteiger partial charge in [-0.3, -0.25) is 4.79 Å². The molecule has 1 rings (SSSR count). The molecule has 2 heteroatoms. The second-order valence-electron chi connectivity index (χ2n) is 5.06. The number of Topliss-reactive ketones (excluding diaryl/α,β-unsaturated/α-hetero) is 1. The van der Waals surface area contributed by atoms with E-state index in [9.17, 15) is 9.90 Å². The molecule has 94 valence electrons. The fraction of sp³-hybridized carbons (Fsp3) is 0.533. The lowest BCUT2D eigenvalue weighted by Gasteiger charge is -2.10. The Labute approximate surface area is 104 Å². The second-order valence-corrected chi connectivity index (χ2v) is 5.06. The molecule has 0 bridgehead atoms. The first-order chi connectivity index (χ1) is 7.91. The highest BCUT2D eigenvalue weighted by molar-refractivity contribution is 6.01. The SMILES string of the molecule is CC(C)=CCCC(C)=CC1C(=O)C(C)=CC1O. The molecule has 0 saturated heterocycles. The average molecular weight is 234 g/mol. The minimum Gasteiger partial charge on any atom is -0.388 e. The number of carbonyl (C=O) groups excluding carboxylic acids is 1. The fourth-order valence-electron chi connectivity index (χ4n) is 2.01. The Morgan fingerprint density at radius 2 is 2.06 bits per heavy atom. The zero-order valence-electron chi connectivity index (χ0n) is 11.2. The maximum atomic E-state index is 11.7. The Hall–Kier alpha value is -1.15. The van der Waals surface area contributed by atoms with Gasteiger partial charge in [0.05, 0.1) is 12.0 Å². The van der Waals surface area contributed by atoms with E-state index >= 15 is 0 Å². The number of hydrogen-bond donors (Lipinski definition) is 1. The van der Waals surface area contributed by atoms with Crippen molar-refractivity contribution in [2.24, 2.45) is 5.92 Å². The lowest BCUT2D eigenvalue weighted by molar-refractivity contribution is -0.118. The van der Waals surface area contributed by atoms with Crippen LogP contribution in [-0.4, -0.2) is 17.0 Å². The summed E-state index contributed by atoms with van der Waals surface area (Å²) in [5.41, 5.74) is 3.16. The highest BCUT2D eigenvalue weighted by Gasteiger charge is 2.30. The van der Waals surface area contributed by atoms with Crippen molar-refractivity contribution in [1.29, 1.82) is 0 Å². The normalized spacial score (nSPS) is 24.9. The van der Waals surface area contributed by atoms with Crippen molar-refractivity contribution in [3.63, 3.8) is 0 Å². The minimum absolute atomic E-state index is 0.0547. The highest BCUT2D eigenvalue weighted by atomic mass is 16.3. The average Bonchev–Trinajstić information content (AvgIpc) is 2.44. The monoisotopic (exact) mass is 234 g/mol. The summed E-state index contributed by atoms with van der Waals surface area (Å²) in [6.45, 7) is 7.94. The first-order valence-corrected chi connectivity index (χ1v) is 6.13. The van der Waals surface area contributed by atoms with Crippen LogP contribution in [0.25, 0.3) is 0 Å². The first-order valence-electron chi connectivity index (χ1n) is 6.13. The molecular weight excluding hydrogens is 212 g/mol. The Bertz CT molecular complexity index is 382. The van der Waals surface area contributed by atoms with Crippen molar-refractivity contribution in [3.05, 3.63) is 34.9 Å². The molecule has 0 amide bonds. The highest BCUT2D eigenvalue weighted by Crippen LogP contribution is 2.24. The van der Waals surface area contributed by atoms with E-state index in [0.29, 0.717) is 5.57 Å². The van der Waals surface area contributed by atoms with Gasteiger partial charge in [-0.2, -0.15) is 0 Å². The summed E-state index contributed by atoms with van der Waals surface area (Å²) < 4.78 is 0. The molecule has 0 spiro atoms. The minimum atomic E-state index is -0.638. The summed E-state index contributed by atoms with van der Waals surface area (Å²) in [6, 6.07) is 0. The largest absolute Gasteiger partial charge is 0.388 e. The Morgan fingerprint density at radius 1 is 1.41 bits per heavy atom.